The third-order valence-electron chi connectivity index (χ3n) is 4.82. The number of amides is 4. The number of hydrogen-bond acceptors (Lipinski definition) is 4. The number of hydrogen-bond donors (Lipinski definition) is 2. The third kappa shape index (κ3) is 2.21. The molecule has 126 valence electrons. The van der Waals surface area contributed by atoms with Crippen molar-refractivity contribution in [1.82, 2.24) is 10.6 Å². The van der Waals surface area contributed by atoms with Crippen molar-refractivity contribution in [2.24, 2.45) is 0 Å². The monoisotopic (exact) mass is 335 g/mol. The van der Waals surface area contributed by atoms with Crippen LogP contribution in [-0.2, 0) is 21.5 Å². The van der Waals surface area contributed by atoms with Gasteiger partial charge in [-0.2, -0.15) is 0 Å². The van der Waals surface area contributed by atoms with Crippen LogP contribution in [0.3, 0.4) is 0 Å². The standard InChI is InChI=1S/C19H17N3O3/c23-16-19(14-9-2-1-3-10-14,17(24)21-18(25)20-16)22-12-6-8-13-7-4-5-11-15(13)22/h1-5,7,9-11H,6,8,12H2,(H2,20,21,23,24,25). The quantitative estimate of drug-likeness (QED) is 0.819. The molecule has 2 aromatic rings. The lowest BCUT2D eigenvalue weighted by atomic mass is 9.82. The Labute approximate surface area is 144 Å². The highest BCUT2D eigenvalue weighted by Gasteiger charge is 2.56. The largest absolute Gasteiger partial charge is 0.346 e. The van der Waals surface area contributed by atoms with Gasteiger partial charge in [-0.15, -0.1) is 0 Å². The number of benzene rings is 2. The number of urea groups is 1. The molecule has 2 aliphatic heterocycles. The molecule has 25 heavy (non-hydrogen) atoms. The van der Waals surface area contributed by atoms with Gasteiger partial charge in [-0.3, -0.25) is 20.2 Å². The molecule has 6 nitrogen and oxygen atoms in total. The molecule has 4 amide bonds. The number of rotatable bonds is 2. The third-order valence-corrected chi connectivity index (χ3v) is 4.82. The number of nitrogens with one attached hydrogen (secondary N) is 2. The Morgan fingerprint density at radius 2 is 1.48 bits per heavy atom. The van der Waals surface area contributed by atoms with Crippen molar-refractivity contribution in [3.8, 4) is 0 Å². The second kappa shape index (κ2) is 5.73. The fourth-order valence-corrected chi connectivity index (χ4v) is 3.75. The minimum Gasteiger partial charge on any atom is -0.346 e. The Morgan fingerprint density at radius 1 is 0.840 bits per heavy atom. The van der Waals surface area contributed by atoms with Gasteiger partial charge in [-0.25, -0.2) is 4.79 Å². The lowest BCUT2D eigenvalue weighted by Gasteiger charge is -2.46. The average Bonchev–Trinajstić information content (AvgIpc) is 2.62. The lowest BCUT2D eigenvalue weighted by Crippen LogP contribution is -2.71. The van der Waals surface area contributed by atoms with E-state index in [2.05, 4.69) is 10.6 Å². The molecule has 6 heteroatoms. The molecular weight excluding hydrogens is 318 g/mol. The fraction of sp³-hybridized carbons (Fsp3) is 0.211. The van der Waals surface area contributed by atoms with Gasteiger partial charge in [0.2, 0.25) is 5.54 Å². The predicted octanol–water partition coefficient (Wildman–Crippen LogP) is 1.70. The minimum absolute atomic E-state index is 0.536. The van der Waals surface area contributed by atoms with Gasteiger partial charge in [-0.1, -0.05) is 48.5 Å². The maximum atomic E-state index is 13.0. The van der Waals surface area contributed by atoms with E-state index in [0.29, 0.717) is 12.1 Å². The number of carbonyl (C=O) groups excluding carboxylic acids is 3. The van der Waals surface area contributed by atoms with E-state index < -0.39 is 23.4 Å². The summed E-state index contributed by atoms with van der Waals surface area (Å²) in [6.07, 6.45) is 1.71. The number of para-hydroxylation sites is 1. The zero-order valence-electron chi connectivity index (χ0n) is 13.5. The van der Waals surface area contributed by atoms with Gasteiger partial charge in [0, 0.05) is 12.2 Å². The molecule has 2 N–H and O–H groups in total. The molecule has 1 saturated heterocycles. The Balaban J connectivity index is 1.96. The molecule has 1 fully saturated rings. The van der Waals surface area contributed by atoms with E-state index >= 15 is 0 Å². The average molecular weight is 335 g/mol. The van der Waals surface area contributed by atoms with Gasteiger partial charge < -0.3 is 4.90 Å². The minimum atomic E-state index is -1.61. The first-order chi connectivity index (χ1) is 12.1. The van der Waals surface area contributed by atoms with Gasteiger partial charge >= 0.3 is 6.03 Å². The number of barbiturate groups is 1. The first-order valence-electron chi connectivity index (χ1n) is 8.22. The van der Waals surface area contributed by atoms with E-state index in [1.165, 1.54) is 0 Å². The molecule has 4 rings (SSSR count). The van der Waals surface area contributed by atoms with Crippen molar-refractivity contribution >= 4 is 23.5 Å². The van der Waals surface area contributed by atoms with Crippen molar-refractivity contribution in [1.29, 1.82) is 0 Å². The summed E-state index contributed by atoms with van der Waals surface area (Å²) in [7, 11) is 0. The molecule has 0 saturated carbocycles. The van der Waals surface area contributed by atoms with Crippen LogP contribution < -0.4 is 15.5 Å². The van der Waals surface area contributed by atoms with E-state index in [-0.39, 0.29) is 0 Å². The fourth-order valence-electron chi connectivity index (χ4n) is 3.75. The molecule has 0 radical (unpaired) electrons. The molecule has 2 heterocycles. The summed E-state index contributed by atoms with van der Waals surface area (Å²) < 4.78 is 0. The maximum absolute atomic E-state index is 13.0. The maximum Gasteiger partial charge on any atom is 0.328 e. The van der Waals surface area contributed by atoms with Crippen LogP contribution in [0.2, 0.25) is 0 Å². The van der Waals surface area contributed by atoms with Crippen molar-refractivity contribution in [2.45, 2.75) is 18.4 Å². The first-order valence-corrected chi connectivity index (χ1v) is 8.22. The Hall–Kier alpha value is -3.15. The zero-order chi connectivity index (χ0) is 17.4. The summed E-state index contributed by atoms with van der Waals surface area (Å²) in [6, 6.07) is 15.8. The number of imide groups is 2. The van der Waals surface area contributed by atoms with E-state index in [1.807, 2.05) is 35.2 Å². The Kier molecular flexibility index (Phi) is 3.53. The van der Waals surface area contributed by atoms with Crippen molar-refractivity contribution in [2.75, 3.05) is 11.4 Å². The van der Waals surface area contributed by atoms with Crippen LogP contribution >= 0.6 is 0 Å². The number of anilines is 1. The molecule has 2 aromatic carbocycles. The summed E-state index contributed by atoms with van der Waals surface area (Å²) in [4.78, 5) is 39.5. The topological polar surface area (TPSA) is 78.5 Å². The van der Waals surface area contributed by atoms with Crippen LogP contribution in [-0.4, -0.2) is 24.4 Å². The SMILES string of the molecule is O=C1NC(=O)C(c2ccccc2)(N2CCCc3ccccc32)C(=O)N1. The Morgan fingerprint density at radius 3 is 2.20 bits per heavy atom. The number of aryl methyl sites for hydroxylation is 1. The highest BCUT2D eigenvalue weighted by molar-refractivity contribution is 6.24. The van der Waals surface area contributed by atoms with Crippen LogP contribution in [0.15, 0.2) is 54.6 Å². The smallest absolute Gasteiger partial charge is 0.328 e. The van der Waals surface area contributed by atoms with E-state index in [9.17, 15) is 14.4 Å². The number of carbonyl (C=O) groups is 3. The molecular formula is C19H17N3O3. The second-order valence-corrected chi connectivity index (χ2v) is 6.20. The molecule has 0 atom stereocenters. The molecule has 2 aliphatic rings. The summed E-state index contributed by atoms with van der Waals surface area (Å²) in [5, 5.41) is 4.55. The zero-order valence-corrected chi connectivity index (χ0v) is 13.5. The molecule has 0 spiro atoms. The molecule has 0 bridgehead atoms. The van der Waals surface area contributed by atoms with Gasteiger partial charge in [0.25, 0.3) is 11.8 Å². The highest BCUT2D eigenvalue weighted by atomic mass is 16.2. The van der Waals surface area contributed by atoms with E-state index in [0.717, 1.165) is 24.1 Å². The van der Waals surface area contributed by atoms with Gasteiger partial charge in [0.15, 0.2) is 0 Å². The van der Waals surface area contributed by atoms with Gasteiger partial charge in [0.1, 0.15) is 0 Å². The second-order valence-electron chi connectivity index (χ2n) is 6.20. The summed E-state index contributed by atoms with van der Waals surface area (Å²) in [5.41, 5.74) is 0.860. The molecule has 0 aliphatic carbocycles. The van der Waals surface area contributed by atoms with Crippen LogP contribution in [0.4, 0.5) is 10.5 Å². The predicted molar refractivity (Wildman–Crippen MR) is 91.9 cm³/mol. The lowest BCUT2D eigenvalue weighted by molar-refractivity contribution is -0.138. The number of nitrogens with zero attached hydrogens (tertiary/aromatic N) is 1. The van der Waals surface area contributed by atoms with Crippen molar-refractivity contribution < 1.29 is 14.4 Å². The summed E-state index contributed by atoms with van der Waals surface area (Å²) in [6.45, 7) is 0.543. The Bertz CT molecular complexity index is 843. The molecule has 0 unspecified atom stereocenters. The van der Waals surface area contributed by atoms with Crippen LogP contribution in [0.25, 0.3) is 0 Å². The first kappa shape index (κ1) is 15.4. The van der Waals surface area contributed by atoms with Gasteiger partial charge in [-0.05, 0) is 30.0 Å². The normalized spacial score (nSPS) is 19.0. The van der Waals surface area contributed by atoms with E-state index in [4.69, 9.17) is 0 Å². The van der Waals surface area contributed by atoms with Crippen molar-refractivity contribution in [3.05, 3.63) is 65.7 Å². The molecule has 0 aromatic heterocycles. The van der Waals surface area contributed by atoms with E-state index in [1.54, 1.807) is 24.3 Å². The van der Waals surface area contributed by atoms with Gasteiger partial charge in [0.05, 0.1) is 0 Å². The van der Waals surface area contributed by atoms with Crippen LogP contribution in [0.1, 0.15) is 17.5 Å². The van der Waals surface area contributed by atoms with Crippen LogP contribution in [0.5, 0.6) is 0 Å². The van der Waals surface area contributed by atoms with Crippen molar-refractivity contribution in [3.63, 3.8) is 0 Å². The van der Waals surface area contributed by atoms with Crippen LogP contribution in [0, 0.1) is 0 Å². The summed E-state index contributed by atoms with van der Waals surface area (Å²) in [5.74, 6) is -1.24. The highest BCUT2D eigenvalue weighted by Crippen LogP contribution is 2.39. The number of fused-ring (bicyclic) bond motifs is 1. The summed E-state index contributed by atoms with van der Waals surface area (Å²) >= 11 is 0.